The molecular weight excluding hydrogens is 204 g/mol. The Balaban J connectivity index is 2.05. The largest absolute Gasteiger partial charge is 0.480 e. The van der Waals surface area contributed by atoms with Crippen LogP contribution in [0, 0.1) is 0 Å². The predicted molar refractivity (Wildman–Crippen MR) is 62.5 cm³/mol. The molecule has 2 aliphatic rings. The van der Waals surface area contributed by atoms with E-state index < -0.39 is 5.97 Å². The molecule has 0 aromatic rings. The van der Waals surface area contributed by atoms with Gasteiger partial charge in [0, 0.05) is 25.2 Å². The van der Waals surface area contributed by atoms with E-state index in [0.717, 1.165) is 19.5 Å². The molecule has 2 fully saturated rings. The van der Waals surface area contributed by atoms with Crippen LogP contribution in [-0.4, -0.2) is 59.1 Å². The number of nitrogens with zero attached hydrogens (tertiary/aromatic N) is 2. The van der Waals surface area contributed by atoms with Crippen LogP contribution in [0.2, 0.25) is 0 Å². The average molecular weight is 226 g/mol. The first-order chi connectivity index (χ1) is 7.63. The molecular formula is C12H22N2O2. The SMILES string of the molecule is CCC(C(=O)O)N1CCC2CCC(C1)N2C. The molecule has 1 N–H and O–H groups in total. The quantitative estimate of drug-likeness (QED) is 0.780. The van der Waals surface area contributed by atoms with Crippen LogP contribution in [0.15, 0.2) is 0 Å². The summed E-state index contributed by atoms with van der Waals surface area (Å²) in [5.74, 6) is -0.664. The highest BCUT2D eigenvalue weighted by molar-refractivity contribution is 5.73. The molecule has 0 aromatic carbocycles. The van der Waals surface area contributed by atoms with E-state index in [0.29, 0.717) is 18.5 Å². The van der Waals surface area contributed by atoms with Crippen molar-refractivity contribution in [1.82, 2.24) is 9.80 Å². The second-order valence-corrected chi connectivity index (χ2v) is 5.10. The van der Waals surface area contributed by atoms with E-state index in [9.17, 15) is 9.90 Å². The predicted octanol–water partition coefficient (Wildman–Crippen LogP) is 1.02. The smallest absolute Gasteiger partial charge is 0.320 e. The van der Waals surface area contributed by atoms with Gasteiger partial charge in [-0.05, 0) is 32.7 Å². The van der Waals surface area contributed by atoms with Gasteiger partial charge in [-0.25, -0.2) is 0 Å². The van der Waals surface area contributed by atoms with Gasteiger partial charge in [-0.15, -0.1) is 0 Å². The Morgan fingerprint density at radius 3 is 2.69 bits per heavy atom. The number of carboxylic acids is 1. The number of hydrogen-bond acceptors (Lipinski definition) is 3. The summed E-state index contributed by atoms with van der Waals surface area (Å²) in [6.45, 7) is 3.83. The standard InChI is InChI=1S/C12H22N2O2/c1-3-11(12(15)16)14-7-6-9-4-5-10(8-14)13(9)2/h9-11H,3-8H2,1-2H3,(H,15,16). The number of rotatable bonds is 3. The second kappa shape index (κ2) is 4.72. The molecule has 2 saturated heterocycles. The molecule has 0 radical (unpaired) electrons. The van der Waals surface area contributed by atoms with Gasteiger partial charge in [0.25, 0.3) is 0 Å². The molecule has 0 aromatic heterocycles. The Kier molecular flexibility index (Phi) is 3.50. The van der Waals surface area contributed by atoms with Gasteiger partial charge in [-0.3, -0.25) is 14.6 Å². The van der Waals surface area contributed by atoms with Gasteiger partial charge in [0.2, 0.25) is 0 Å². The highest BCUT2D eigenvalue weighted by Crippen LogP contribution is 2.29. The van der Waals surface area contributed by atoms with Crippen LogP contribution in [0.5, 0.6) is 0 Å². The van der Waals surface area contributed by atoms with E-state index in [1.165, 1.54) is 12.8 Å². The molecule has 2 bridgehead atoms. The van der Waals surface area contributed by atoms with Gasteiger partial charge in [0.05, 0.1) is 0 Å². The molecule has 0 amide bonds. The zero-order valence-electron chi connectivity index (χ0n) is 10.2. The number of likely N-dealkylation sites (tertiary alicyclic amines) is 1. The van der Waals surface area contributed by atoms with E-state index >= 15 is 0 Å². The molecule has 2 heterocycles. The van der Waals surface area contributed by atoms with Gasteiger partial charge < -0.3 is 5.11 Å². The van der Waals surface area contributed by atoms with Gasteiger partial charge in [-0.1, -0.05) is 6.92 Å². The zero-order chi connectivity index (χ0) is 11.7. The molecule has 4 nitrogen and oxygen atoms in total. The molecule has 92 valence electrons. The lowest BCUT2D eigenvalue weighted by molar-refractivity contribution is -0.143. The van der Waals surface area contributed by atoms with Crippen molar-refractivity contribution < 1.29 is 9.90 Å². The first kappa shape index (κ1) is 11.9. The Bertz CT molecular complexity index is 270. The van der Waals surface area contributed by atoms with Crippen molar-refractivity contribution >= 4 is 5.97 Å². The van der Waals surface area contributed by atoms with E-state index in [4.69, 9.17) is 0 Å². The van der Waals surface area contributed by atoms with Crippen LogP contribution in [0.3, 0.4) is 0 Å². The van der Waals surface area contributed by atoms with Crippen LogP contribution in [0.4, 0.5) is 0 Å². The van der Waals surface area contributed by atoms with E-state index in [1.54, 1.807) is 0 Å². The van der Waals surface area contributed by atoms with Crippen molar-refractivity contribution in [2.75, 3.05) is 20.1 Å². The van der Waals surface area contributed by atoms with Gasteiger partial charge in [0.1, 0.15) is 6.04 Å². The van der Waals surface area contributed by atoms with Crippen molar-refractivity contribution in [2.24, 2.45) is 0 Å². The number of fused-ring (bicyclic) bond motifs is 2. The first-order valence-corrected chi connectivity index (χ1v) is 6.32. The van der Waals surface area contributed by atoms with E-state index in [1.807, 2.05) is 6.92 Å². The van der Waals surface area contributed by atoms with Gasteiger partial charge >= 0.3 is 5.97 Å². The Morgan fingerprint density at radius 1 is 1.38 bits per heavy atom. The maximum absolute atomic E-state index is 11.2. The molecule has 0 spiro atoms. The molecule has 3 unspecified atom stereocenters. The third kappa shape index (κ3) is 2.09. The van der Waals surface area contributed by atoms with Crippen LogP contribution < -0.4 is 0 Å². The topological polar surface area (TPSA) is 43.8 Å². The molecule has 16 heavy (non-hydrogen) atoms. The zero-order valence-corrected chi connectivity index (χ0v) is 10.2. The molecule has 4 heteroatoms. The highest BCUT2D eigenvalue weighted by atomic mass is 16.4. The lowest BCUT2D eigenvalue weighted by atomic mass is 10.1. The number of aliphatic carboxylic acids is 1. The fourth-order valence-corrected chi connectivity index (χ4v) is 3.21. The second-order valence-electron chi connectivity index (χ2n) is 5.10. The van der Waals surface area contributed by atoms with Gasteiger partial charge in [-0.2, -0.15) is 0 Å². The summed E-state index contributed by atoms with van der Waals surface area (Å²) >= 11 is 0. The number of carboxylic acid groups (broad SMARTS) is 1. The monoisotopic (exact) mass is 226 g/mol. The number of hydrogen-bond donors (Lipinski definition) is 1. The average Bonchev–Trinajstić information content (AvgIpc) is 2.45. The van der Waals surface area contributed by atoms with Crippen molar-refractivity contribution in [3.8, 4) is 0 Å². The molecule has 2 rings (SSSR count). The Morgan fingerprint density at radius 2 is 2.06 bits per heavy atom. The summed E-state index contributed by atoms with van der Waals surface area (Å²) in [5.41, 5.74) is 0. The molecule has 3 atom stereocenters. The summed E-state index contributed by atoms with van der Waals surface area (Å²) in [4.78, 5) is 15.8. The van der Waals surface area contributed by atoms with Crippen LogP contribution in [0.25, 0.3) is 0 Å². The fraction of sp³-hybridized carbons (Fsp3) is 0.917. The Hall–Kier alpha value is -0.610. The van der Waals surface area contributed by atoms with E-state index in [2.05, 4.69) is 16.8 Å². The summed E-state index contributed by atoms with van der Waals surface area (Å²) < 4.78 is 0. The molecule has 0 aliphatic carbocycles. The third-order valence-corrected chi connectivity index (χ3v) is 4.29. The molecule has 0 saturated carbocycles. The summed E-state index contributed by atoms with van der Waals surface area (Å²) in [7, 11) is 2.19. The van der Waals surface area contributed by atoms with Crippen molar-refractivity contribution in [3.63, 3.8) is 0 Å². The number of likely N-dealkylation sites (N-methyl/N-ethyl adjacent to an activating group) is 1. The lowest BCUT2D eigenvalue weighted by Gasteiger charge is -2.29. The summed E-state index contributed by atoms with van der Waals surface area (Å²) in [5, 5.41) is 9.20. The van der Waals surface area contributed by atoms with Crippen LogP contribution in [-0.2, 0) is 4.79 Å². The fourth-order valence-electron chi connectivity index (χ4n) is 3.21. The maximum atomic E-state index is 11.2. The van der Waals surface area contributed by atoms with Crippen molar-refractivity contribution in [3.05, 3.63) is 0 Å². The minimum atomic E-state index is -0.664. The minimum absolute atomic E-state index is 0.284. The normalized spacial score (nSPS) is 33.6. The van der Waals surface area contributed by atoms with Crippen LogP contribution >= 0.6 is 0 Å². The number of carbonyl (C=O) groups is 1. The lowest BCUT2D eigenvalue weighted by Crippen LogP contribution is -2.45. The minimum Gasteiger partial charge on any atom is -0.480 e. The Labute approximate surface area is 97.2 Å². The van der Waals surface area contributed by atoms with Crippen molar-refractivity contribution in [2.45, 2.75) is 50.7 Å². The van der Waals surface area contributed by atoms with Crippen molar-refractivity contribution in [1.29, 1.82) is 0 Å². The third-order valence-electron chi connectivity index (χ3n) is 4.29. The summed E-state index contributed by atoms with van der Waals surface area (Å²) in [6, 6.07) is 0.968. The first-order valence-electron chi connectivity index (χ1n) is 6.32. The van der Waals surface area contributed by atoms with Crippen LogP contribution in [0.1, 0.15) is 32.6 Å². The van der Waals surface area contributed by atoms with Gasteiger partial charge in [0.15, 0.2) is 0 Å². The maximum Gasteiger partial charge on any atom is 0.320 e. The summed E-state index contributed by atoms with van der Waals surface area (Å²) in [6.07, 6.45) is 4.35. The van der Waals surface area contributed by atoms with E-state index in [-0.39, 0.29) is 6.04 Å². The highest BCUT2D eigenvalue weighted by Gasteiger charge is 2.37. The molecule has 2 aliphatic heterocycles.